The number of aryl methyl sites for hydroxylation is 2. The van der Waals surface area contributed by atoms with Crippen LogP contribution in [0.25, 0.3) is 0 Å². The van der Waals surface area contributed by atoms with Crippen LogP contribution in [0.15, 0.2) is 23.4 Å². The Morgan fingerprint density at radius 1 is 1.20 bits per heavy atom. The van der Waals surface area contributed by atoms with Gasteiger partial charge in [-0.15, -0.1) is 0 Å². The van der Waals surface area contributed by atoms with Crippen LogP contribution < -0.4 is 0 Å². The van der Waals surface area contributed by atoms with E-state index in [-0.39, 0.29) is 23.9 Å². The molecule has 0 bridgehead atoms. The molecule has 1 aliphatic heterocycles. The Balaban J connectivity index is 1.71. The summed E-state index contributed by atoms with van der Waals surface area (Å²) >= 11 is 0. The lowest BCUT2D eigenvalue weighted by atomic mass is 10.3. The molecule has 0 aliphatic carbocycles. The molecule has 2 aromatic rings. The fourth-order valence-corrected chi connectivity index (χ4v) is 4.54. The summed E-state index contributed by atoms with van der Waals surface area (Å²) in [5.74, 6) is -0.117. The predicted molar refractivity (Wildman–Crippen MR) is 90.5 cm³/mol. The molecule has 0 atom stereocenters. The van der Waals surface area contributed by atoms with Crippen molar-refractivity contribution >= 4 is 15.9 Å². The van der Waals surface area contributed by atoms with Gasteiger partial charge in [-0.1, -0.05) is 0 Å². The second-order valence-electron chi connectivity index (χ2n) is 5.95. The highest BCUT2D eigenvalue weighted by Crippen LogP contribution is 2.21. The summed E-state index contributed by atoms with van der Waals surface area (Å²) in [7, 11) is -1.88. The summed E-state index contributed by atoms with van der Waals surface area (Å²) in [6.07, 6.45) is 2.98. The molecule has 0 unspecified atom stereocenters. The predicted octanol–water partition coefficient (Wildman–Crippen LogP) is 0.0916. The molecule has 3 rings (SSSR count). The largest absolute Gasteiger partial charge is 0.335 e. The molecule has 10 heteroatoms. The maximum Gasteiger partial charge on any atom is 0.272 e. The number of rotatable bonds is 4. The highest BCUT2D eigenvalue weighted by atomic mass is 32.2. The number of carbonyl (C=O) groups excluding carboxylic acids is 1. The number of hydrogen-bond donors (Lipinski definition) is 0. The van der Waals surface area contributed by atoms with Gasteiger partial charge in [0.1, 0.15) is 10.6 Å². The highest BCUT2D eigenvalue weighted by molar-refractivity contribution is 7.89. The Hall–Kier alpha value is -2.20. The number of nitrogens with zero attached hydrogens (tertiary/aromatic N) is 6. The lowest BCUT2D eigenvalue weighted by Gasteiger charge is -2.33. The van der Waals surface area contributed by atoms with E-state index in [0.29, 0.717) is 31.0 Å². The second-order valence-corrected chi connectivity index (χ2v) is 7.85. The summed E-state index contributed by atoms with van der Waals surface area (Å²) in [6.45, 7) is 5.50. The van der Waals surface area contributed by atoms with Gasteiger partial charge in [0.15, 0.2) is 0 Å². The summed E-state index contributed by atoms with van der Waals surface area (Å²) < 4.78 is 30.2. The molecule has 0 aromatic carbocycles. The molecule has 136 valence electrons. The first kappa shape index (κ1) is 17.6. The van der Waals surface area contributed by atoms with Crippen LogP contribution in [0.3, 0.4) is 0 Å². The minimum Gasteiger partial charge on any atom is -0.335 e. The number of amides is 1. The third-order valence-corrected chi connectivity index (χ3v) is 6.57. The van der Waals surface area contributed by atoms with E-state index in [4.69, 9.17) is 0 Å². The molecule has 1 saturated heterocycles. The van der Waals surface area contributed by atoms with Gasteiger partial charge in [0.05, 0.1) is 11.9 Å². The first-order valence-corrected chi connectivity index (χ1v) is 9.60. The van der Waals surface area contributed by atoms with Gasteiger partial charge in [0, 0.05) is 46.0 Å². The third kappa shape index (κ3) is 3.07. The van der Waals surface area contributed by atoms with E-state index in [1.807, 2.05) is 6.92 Å². The normalized spacial score (nSPS) is 16.4. The van der Waals surface area contributed by atoms with Crippen molar-refractivity contribution in [3.8, 4) is 0 Å². The number of sulfonamides is 1. The van der Waals surface area contributed by atoms with Crippen LogP contribution in [-0.4, -0.2) is 69.3 Å². The van der Waals surface area contributed by atoms with Crippen LogP contribution in [0, 0.1) is 6.92 Å². The van der Waals surface area contributed by atoms with Crippen LogP contribution in [0.1, 0.15) is 23.1 Å². The Morgan fingerprint density at radius 3 is 2.44 bits per heavy atom. The smallest absolute Gasteiger partial charge is 0.272 e. The quantitative estimate of drug-likeness (QED) is 0.765. The number of hydrogen-bond acceptors (Lipinski definition) is 5. The average molecular weight is 366 g/mol. The summed E-state index contributed by atoms with van der Waals surface area (Å²) in [4.78, 5) is 14.5. The summed E-state index contributed by atoms with van der Waals surface area (Å²) in [6, 6.07) is 1.69. The minimum atomic E-state index is -3.59. The standard InChI is InChI=1S/C15H22N6O3S/c1-4-21-13(5-6-16-21)15(22)19-7-9-20(10-8-19)25(23,24)14-11-17-18(3)12(14)2/h5-6,11H,4,7-10H2,1-3H3. The van der Waals surface area contributed by atoms with Crippen LogP contribution >= 0.6 is 0 Å². The average Bonchev–Trinajstić information content (AvgIpc) is 3.21. The van der Waals surface area contributed by atoms with Crippen molar-refractivity contribution in [2.45, 2.75) is 25.3 Å². The molecule has 9 nitrogen and oxygen atoms in total. The monoisotopic (exact) mass is 366 g/mol. The Morgan fingerprint density at radius 2 is 1.88 bits per heavy atom. The molecule has 1 amide bonds. The van der Waals surface area contributed by atoms with Crippen LogP contribution in [-0.2, 0) is 23.6 Å². The molecule has 0 radical (unpaired) electrons. The van der Waals surface area contributed by atoms with Gasteiger partial charge in [-0.3, -0.25) is 14.2 Å². The Kier molecular flexibility index (Phi) is 4.65. The third-order valence-electron chi connectivity index (χ3n) is 4.57. The van der Waals surface area contributed by atoms with Crippen LogP contribution in [0.5, 0.6) is 0 Å². The van der Waals surface area contributed by atoms with E-state index in [1.54, 1.807) is 40.5 Å². The zero-order chi connectivity index (χ0) is 18.2. The lowest BCUT2D eigenvalue weighted by Crippen LogP contribution is -2.50. The van der Waals surface area contributed by atoms with E-state index in [0.717, 1.165) is 0 Å². The van der Waals surface area contributed by atoms with Crippen LogP contribution in [0.4, 0.5) is 0 Å². The van der Waals surface area contributed by atoms with Gasteiger partial charge < -0.3 is 4.90 Å². The van der Waals surface area contributed by atoms with Crippen molar-refractivity contribution in [1.82, 2.24) is 28.8 Å². The van der Waals surface area contributed by atoms with Gasteiger partial charge in [-0.2, -0.15) is 14.5 Å². The fraction of sp³-hybridized carbons (Fsp3) is 0.533. The van der Waals surface area contributed by atoms with Crippen molar-refractivity contribution in [1.29, 1.82) is 0 Å². The van der Waals surface area contributed by atoms with Gasteiger partial charge in [-0.05, 0) is 19.9 Å². The molecule has 0 N–H and O–H groups in total. The molecular weight excluding hydrogens is 344 g/mol. The lowest BCUT2D eigenvalue weighted by molar-refractivity contribution is 0.0685. The van der Waals surface area contributed by atoms with Gasteiger partial charge >= 0.3 is 0 Å². The second kappa shape index (κ2) is 6.60. The van der Waals surface area contributed by atoms with E-state index in [9.17, 15) is 13.2 Å². The van der Waals surface area contributed by atoms with Crippen molar-refractivity contribution in [3.63, 3.8) is 0 Å². The summed E-state index contributed by atoms with van der Waals surface area (Å²) in [5.41, 5.74) is 1.13. The van der Waals surface area contributed by atoms with E-state index in [2.05, 4.69) is 10.2 Å². The van der Waals surface area contributed by atoms with Crippen molar-refractivity contribution in [3.05, 3.63) is 29.8 Å². The molecule has 1 aliphatic rings. The van der Waals surface area contributed by atoms with E-state index in [1.165, 1.54) is 10.5 Å². The zero-order valence-corrected chi connectivity index (χ0v) is 15.4. The molecule has 2 aromatic heterocycles. The summed E-state index contributed by atoms with van der Waals surface area (Å²) in [5, 5.41) is 8.12. The van der Waals surface area contributed by atoms with E-state index >= 15 is 0 Å². The Labute approximate surface area is 146 Å². The van der Waals surface area contributed by atoms with Gasteiger partial charge in [0.25, 0.3) is 5.91 Å². The number of piperazine rings is 1. The highest BCUT2D eigenvalue weighted by Gasteiger charge is 2.33. The van der Waals surface area contributed by atoms with Crippen molar-refractivity contribution in [2.75, 3.05) is 26.2 Å². The maximum absolute atomic E-state index is 12.8. The first-order chi connectivity index (χ1) is 11.9. The molecule has 25 heavy (non-hydrogen) atoms. The topological polar surface area (TPSA) is 93.3 Å². The zero-order valence-electron chi connectivity index (χ0n) is 14.6. The number of aromatic nitrogens is 4. The number of carbonyl (C=O) groups is 1. The molecule has 0 saturated carbocycles. The molecule has 0 spiro atoms. The maximum atomic E-state index is 12.8. The van der Waals surface area contributed by atoms with Gasteiger partial charge in [-0.25, -0.2) is 8.42 Å². The van der Waals surface area contributed by atoms with Crippen LogP contribution in [0.2, 0.25) is 0 Å². The fourth-order valence-electron chi connectivity index (χ4n) is 2.93. The van der Waals surface area contributed by atoms with E-state index < -0.39 is 10.0 Å². The Bertz CT molecular complexity index is 877. The minimum absolute atomic E-state index is 0.117. The van der Waals surface area contributed by atoms with Gasteiger partial charge in [0.2, 0.25) is 10.0 Å². The molecule has 1 fully saturated rings. The molecular formula is C15H22N6O3S. The SMILES string of the molecule is CCn1nccc1C(=O)N1CCN(S(=O)(=O)c2cnn(C)c2C)CC1. The first-order valence-electron chi connectivity index (χ1n) is 8.16. The van der Waals surface area contributed by atoms with Crippen molar-refractivity contribution < 1.29 is 13.2 Å². The molecule has 3 heterocycles. The van der Waals surface area contributed by atoms with Crippen molar-refractivity contribution in [2.24, 2.45) is 7.05 Å².